The summed E-state index contributed by atoms with van der Waals surface area (Å²) in [7, 11) is 0. The Bertz CT molecular complexity index is 442. The van der Waals surface area contributed by atoms with Gasteiger partial charge >= 0.3 is 0 Å². The lowest BCUT2D eigenvalue weighted by Crippen LogP contribution is -2.38. The van der Waals surface area contributed by atoms with Crippen LogP contribution >= 0.6 is 23.5 Å². The predicted octanol–water partition coefficient (Wildman–Crippen LogP) is 4.24. The largest absolute Gasteiger partial charge is 0.309 e. The third-order valence-electron chi connectivity index (χ3n) is 3.55. The zero-order chi connectivity index (χ0) is 14.5. The van der Waals surface area contributed by atoms with E-state index in [1.54, 1.807) is 6.07 Å². The lowest BCUT2D eigenvalue weighted by atomic mass is 9.99. The van der Waals surface area contributed by atoms with Gasteiger partial charge in [0.15, 0.2) is 11.6 Å². The van der Waals surface area contributed by atoms with E-state index in [1.807, 2.05) is 23.5 Å². The summed E-state index contributed by atoms with van der Waals surface area (Å²) in [6.45, 7) is 5.07. The van der Waals surface area contributed by atoms with Crippen molar-refractivity contribution >= 4 is 23.5 Å². The van der Waals surface area contributed by atoms with Gasteiger partial charge in [-0.15, -0.1) is 0 Å². The molecule has 3 atom stereocenters. The van der Waals surface area contributed by atoms with E-state index in [-0.39, 0.29) is 6.04 Å². The third-order valence-corrected chi connectivity index (χ3v) is 6.90. The number of rotatable bonds is 5. The Balaban J connectivity index is 2.26. The standard InChI is InChI=1S/C15H21F2NS2/c1-3-13-15(20-8-7-19-13)14(18-4-2)10-5-6-11(16)12(17)9-10/h5-6,9,13-15,18H,3-4,7-8H2,1-2H3. The first-order valence-electron chi connectivity index (χ1n) is 7.08. The van der Waals surface area contributed by atoms with Gasteiger partial charge < -0.3 is 5.32 Å². The van der Waals surface area contributed by atoms with E-state index in [0.29, 0.717) is 10.5 Å². The molecule has 20 heavy (non-hydrogen) atoms. The summed E-state index contributed by atoms with van der Waals surface area (Å²) in [6.07, 6.45) is 1.11. The minimum absolute atomic E-state index is 0.0813. The van der Waals surface area contributed by atoms with E-state index in [4.69, 9.17) is 0 Å². The number of benzene rings is 1. The van der Waals surface area contributed by atoms with Crippen LogP contribution in [0.5, 0.6) is 0 Å². The fourth-order valence-corrected chi connectivity index (χ4v) is 5.85. The lowest BCUT2D eigenvalue weighted by molar-refractivity contribution is 0.487. The maximum Gasteiger partial charge on any atom is 0.159 e. The molecular formula is C15H21F2NS2. The molecule has 0 aromatic heterocycles. The van der Waals surface area contributed by atoms with Gasteiger partial charge in [-0.05, 0) is 30.7 Å². The molecule has 1 aliphatic heterocycles. The van der Waals surface area contributed by atoms with E-state index in [2.05, 4.69) is 19.2 Å². The minimum atomic E-state index is -0.776. The van der Waals surface area contributed by atoms with E-state index in [9.17, 15) is 8.78 Å². The molecule has 0 aliphatic carbocycles. The quantitative estimate of drug-likeness (QED) is 0.872. The number of hydrogen-bond donors (Lipinski definition) is 1. The SMILES string of the molecule is CCNC(c1ccc(F)c(F)c1)C1SCCSC1CC. The van der Waals surface area contributed by atoms with Gasteiger partial charge in [-0.3, -0.25) is 0 Å². The molecule has 2 rings (SSSR count). The van der Waals surface area contributed by atoms with Crippen LogP contribution in [0, 0.1) is 11.6 Å². The predicted molar refractivity (Wildman–Crippen MR) is 85.6 cm³/mol. The molecule has 1 saturated heterocycles. The normalized spacial score (nSPS) is 24.6. The Hall–Kier alpha value is -0.260. The summed E-state index contributed by atoms with van der Waals surface area (Å²) in [4.78, 5) is 0. The fraction of sp³-hybridized carbons (Fsp3) is 0.600. The second-order valence-corrected chi connectivity index (χ2v) is 7.49. The van der Waals surface area contributed by atoms with Gasteiger partial charge in [0.05, 0.1) is 0 Å². The van der Waals surface area contributed by atoms with Crippen molar-refractivity contribution in [2.45, 2.75) is 36.8 Å². The Labute approximate surface area is 128 Å². The highest BCUT2D eigenvalue weighted by Gasteiger charge is 2.32. The molecule has 1 aromatic carbocycles. The number of hydrogen-bond acceptors (Lipinski definition) is 3. The molecule has 1 aliphatic rings. The average Bonchev–Trinajstić information content (AvgIpc) is 2.48. The van der Waals surface area contributed by atoms with Crippen molar-refractivity contribution in [3.8, 4) is 0 Å². The van der Waals surface area contributed by atoms with Crippen LogP contribution in [0.4, 0.5) is 8.78 Å². The van der Waals surface area contributed by atoms with Gasteiger partial charge in [-0.2, -0.15) is 23.5 Å². The Morgan fingerprint density at radius 2 is 1.95 bits per heavy atom. The van der Waals surface area contributed by atoms with Gasteiger partial charge in [0.2, 0.25) is 0 Å². The molecule has 0 saturated carbocycles. The van der Waals surface area contributed by atoms with Crippen molar-refractivity contribution in [1.82, 2.24) is 5.32 Å². The molecule has 0 bridgehead atoms. The van der Waals surface area contributed by atoms with Crippen molar-refractivity contribution < 1.29 is 8.78 Å². The van der Waals surface area contributed by atoms with Crippen LogP contribution < -0.4 is 5.32 Å². The van der Waals surface area contributed by atoms with E-state index < -0.39 is 11.6 Å². The number of halogens is 2. The van der Waals surface area contributed by atoms with Gasteiger partial charge in [0, 0.05) is 28.0 Å². The van der Waals surface area contributed by atoms with Gasteiger partial charge in [-0.1, -0.05) is 19.9 Å². The van der Waals surface area contributed by atoms with E-state index in [1.165, 1.54) is 17.9 Å². The molecule has 1 fully saturated rings. The van der Waals surface area contributed by atoms with Crippen LogP contribution in [0.1, 0.15) is 31.9 Å². The van der Waals surface area contributed by atoms with E-state index >= 15 is 0 Å². The number of nitrogens with one attached hydrogen (secondary N) is 1. The van der Waals surface area contributed by atoms with Crippen LogP contribution in [-0.4, -0.2) is 28.6 Å². The highest BCUT2D eigenvalue weighted by Crippen LogP contribution is 2.40. The summed E-state index contributed by atoms with van der Waals surface area (Å²) in [6, 6.07) is 4.36. The summed E-state index contributed by atoms with van der Waals surface area (Å²) in [5.41, 5.74) is 0.851. The highest BCUT2D eigenvalue weighted by molar-refractivity contribution is 8.07. The Kier molecular flexibility index (Phi) is 6.18. The second-order valence-electron chi connectivity index (χ2n) is 4.86. The lowest BCUT2D eigenvalue weighted by Gasteiger charge is -2.36. The van der Waals surface area contributed by atoms with Crippen LogP contribution in [0.3, 0.4) is 0 Å². The molecule has 0 spiro atoms. The van der Waals surface area contributed by atoms with Crippen LogP contribution in [0.25, 0.3) is 0 Å². The summed E-state index contributed by atoms with van der Waals surface area (Å²) >= 11 is 3.95. The first-order valence-corrected chi connectivity index (χ1v) is 9.18. The summed E-state index contributed by atoms with van der Waals surface area (Å²) in [5, 5.41) is 4.42. The molecule has 0 amide bonds. The van der Waals surface area contributed by atoms with Crippen molar-refractivity contribution in [2.75, 3.05) is 18.1 Å². The third kappa shape index (κ3) is 3.68. The van der Waals surface area contributed by atoms with Gasteiger partial charge in [0.25, 0.3) is 0 Å². The highest BCUT2D eigenvalue weighted by atomic mass is 32.2. The maximum atomic E-state index is 13.5. The molecule has 1 aromatic rings. The smallest absolute Gasteiger partial charge is 0.159 e. The minimum Gasteiger partial charge on any atom is -0.309 e. The first kappa shape index (κ1) is 16.1. The molecule has 1 heterocycles. The summed E-state index contributed by atoms with van der Waals surface area (Å²) in [5.74, 6) is 0.766. The van der Waals surface area contributed by atoms with Crippen molar-refractivity contribution in [2.24, 2.45) is 0 Å². The maximum absolute atomic E-state index is 13.5. The topological polar surface area (TPSA) is 12.0 Å². The molecular weight excluding hydrogens is 296 g/mol. The Morgan fingerprint density at radius 1 is 1.20 bits per heavy atom. The molecule has 3 unspecified atom stereocenters. The second kappa shape index (κ2) is 7.66. The van der Waals surface area contributed by atoms with Gasteiger partial charge in [-0.25, -0.2) is 8.78 Å². The van der Waals surface area contributed by atoms with Gasteiger partial charge in [0.1, 0.15) is 0 Å². The van der Waals surface area contributed by atoms with Crippen molar-refractivity contribution in [3.63, 3.8) is 0 Å². The number of thioether (sulfide) groups is 2. The molecule has 1 nitrogen and oxygen atoms in total. The van der Waals surface area contributed by atoms with Crippen molar-refractivity contribution in [1.29, 1.82) is 0 Å². The Morgan fingerprint density at radius 3 is 2.60 bits per heavy atom. The first-order chi connectivity index (χ1) is 9.67. The van der Waals surface area contributed by atoms with Crippen LogP contribution in [0.15, 0.2) is 18.2 Å². The van der Waals surface area contributed by atoms with Crippen LogP contribution in [-0.2, 0) is 0 Å². The molecule has 0 radical (unpaired) electrons. The molecule has 1 N–H and O–H groups in total. The van der Waals surface area contributed by atoms with E-state index in [0.717, 1.165) is 24.3 Å². The average molecular weight is 317 g/mol. The summed E-state index contributed by atoms with van der Waals surface area (Å²) < 4.78 is 26.6. The zero-order valence-corrected chi connectivity index (χ0v) is 13.5. The molecule has 5 heteroatoms. The fourth-order valence-electron chi connectivity index (χ4n) is 2.60. The zero-order valence-electron chi connectivity index (χ0n) is 11.9. The monoisotopic (exact) mass is 317 g/mol. The van der Waals surface area contributed by atoms with Crippen molar-refractivity contribution in [3.05, 3.63) is 35.4 Å². The molecule has 112 valence electrons. The van der Waals surface area contributed by atoms with Crippen LogP contribution in [0.2, 0.25) is 0 Å².